The van der Waals surface area contributed by atoms with Gasteiger partial charge in [-0.1, -0.05) is 26.0 Å². The average Bonchev–Trinajstić information content (AvgIpc) is 2.71. The molecule has 0 amide bonds. The number of hydrogen-bond acceptors (Lipinski definition) is 4. The lowest BCUT2D eigenvalue weighted by molar-refractivity contribution is 0.0494. The van der Waals surface area contributed by atoms with Crippen LogP contribution in [0.2, 0.25) is 0 Å². The molecular weight excluding hydrogens is 228 g/mol. The van der Waals surface area contributed by atoms with Crippen LogP contribution in [0.4, 0.5) is 5.82 Å². The summed E-state index contributed by atoms with van der Waals surface area (Å²) in [6.07, 6.45) is 4.78. The van der Waals surface area contributed by atoms with Crippen molar-refractivity contribution in [2.24, 2.45) is 0 Å². The molecule has 2 unspecified atom stereocenters. The van der Waals surface area contributed by atoms with Gasteiger partial charge in [-0.15, -0.1) is 5.10 Å². The van der Waals surface area contributed by atoms with Crippen molar-refractivity contribution < 1.29 is 4.74 Å². The van der Waals surface area contributed by atoms with E-state index in [0.29, 0.717) is 18.0 Å². The molecule has 0 radical (unpaired) electrons. The Hall–Kier alpha value is -1.10. The van der Waals surface area contributed by atoms with Crippen molar-refractivity contribution >= 4 is 5.82 Å². The van der Waals surface area contributed by atoms with Crippen LogP contribution in [0.5, 0.6) is 0 Å². The van der Waals surface area contributed by atoms with E-state index in [0.717, 1.165) is 25.0 Å². The van der Waals surface area contributed by atoms with E-state index < -0.39 is 0 Å². The van der Waals surface area contributed by atoms with Gasteiger partial charge in [0.05, 0.1) is 17.8 Å². The first kappa shape index (κ1) is 13.3. The molecule has 1 fully saturated rings. The minimum absolute atomic E-state index is 0.0341. The summed E-state index contributed by atoms with van der Waals surface area (Å²) >= 11 is 0. The Kier molecular flexibility index (Phi) is 3.61. The molecule has 0 spiro atoms. The van der Waals surface area contributed by atoms with Crippen molar-refractivity contribution in [2.75, 3.05) is 12.8 Å². The van der Waals surface area contributed by atoms with Gasteiger partial charge in [0, 0.05) is 12.5 Å². The van der Waals surface area contributed by atoms with E-state index in [4.69, 9.17) is 10.5 Å². The molecule has 102 valence electrons. The maximum atomic E-state index is 5.98. The molecule has 0 aliphatic heterocycles. The first-order valence-electron chi connectivity index (χ1n) is 6.67. The minimum Gasteiger partial charge on any atom is -0.381 e. The summed E-state index contributed by atoms with van der Waals surface area (Å²) in [5.41, 5.74) is 6.99. The van der Waals surface area contributed by atoms with Crippen molar-refractivity contribution in [3.05, 3.63) is 5.69 Å². The van der Waals surface area contributed by atoms with Crippen LogP contribution < -0.4 is 5.73 Å². The lowest BCUT2D eigenvalue weighted by atomic mass is 9.89. The summed E-state index contributed by atoms with van der Waals surface area (Å²) in [4.78, 5) is 0. The fourth-order valence-electron chi connectivity index (χ4n) is 2.85. The summed E-state index contributed by atoms with van der Waals surface area (Å²) in [6.45, 7) is 6.44. The number of methoxy groups -OCH3 is 1. The Morgan fingerprint density at radius 1 is 1.33 bits per heavy atom. The number of hydrogen-bond donors (Lipinski definition) is 1. The zero-order valence-electron chi connectivity index (χ0n) is 11.8. The second kappa shape index (κ2) is 4.88. The largest absolute Gasteiger partial charge is 0.381 e. The van der Waals surface area contributed by atoms with Crippen LogP contribution in [0.15, 0.2) is 0 Å². The van der Waals surface area contributed by atoms with Gasteiger partial charge in [0.25, 0.3) is 0 Å². The molecule has 0 saturated heterocycles. The van der Waals surface area contributed by atoms with Gasteiger partial charge in [-0.2, -0.15) is 0 Å². The zero-order chi connectivity index (χ0) is 13.3. The maximum absolute atomic E-state index is 5.98. The molecule has 5 nitrogen and oxygen atoms in total. The molecule has 1 aromatic rings. The number of anilines is 1. The van der Waals surface area contributed by atoms with Crippen molar-refractivity contribution in [3.8, 4) is 0 Å². The number of rotatable bonds is 2. The molecule has 0 bridgehead atoms. The normalized spacial score (nSPS) is 25.3. The second-order valence-corrected chi connectivity index (χ2v) is 6.20. The third kappa shape index (κ3) is 2.51. The van der Waals surface area contributed by atoms with E-state index in [1.54, 1.807) is 7.11 Å². The van der Waals surface area contributed by atoms with Crippen LogP contribution >= 0.6 is 0 Å². The van der Waals surface area contributed by atoms with Crippen molar-refractivity contribution in [2.45, 2.75) is 64.0 Å². The molecule has 1 aromatic heterocycles. The molecule has 2 rings (SSSR count). The topological polar surface area (TPSA) is 66.0 Å². The fourth-order valence-corrected chi connectivity index (χ4v) is 2.85. The third-order valence-electron chi connectivity index (χ3n) is 3.71. The smallest absolute Gasteiger partial charge is 0.169 e. The lowest BCUT2D eigenvalue weighted by Crippen LogP contribution is -2.29. The van der Waals surface area contributed by atoms with E-state index in [2.05, 4.69) is 31.1 Å². The molecular formula is C13H24N4O. The van der Waals surface area contributed by atoms with Gasteiger partial charge in [-0.25, -0.2) is 4.68 Å². The molecule has 5 heteroatoms. The third-order valence-corrected chi connectivity index (χ3v) is 3.71. The summed E-state index contributed by atoms with van der Waals surface area (Å²) in [7, 11) is 1.79. The molecule has 1 aliphatic carbocycles. The van der Waals surface area contributed by atoms with Gasteiger partial charge in [0.15, 0.2) is 5.82 Å². The summed E-state index contributed by atoms with van der Waals surface area (Å²) < 4.78 is 7.51. The van der Waals surface area contributed by atoms with E-state index in [1.165, 1.54) is 6.42 Å². The highest BCUT2D eigenvalue weighted by Gasteiger charge is 2.30. The standard InChI is InChI=1S/C13H24N4O/c1-13(2,3)11-12(14)15-16-17(11)9-6-5-7-10(8-9)18-4/h9-10H,5-8,14H2,1-4H3. The highest BCUT2D eigenvalue weighted by molar-refractivity contribution is 5.38. The van der Waals surface area contributed by atoms with Gasteiger partial charge in [0.1, 0.15) is 0 Å². The van der Waals surface area contributed by atoms with Gasteiger partial charge in [-0.05, 0) is 25.7 Å². The second-order valence-electron chi connectivity index (χ2n) is 6.20. The van der Waals surface area contributed by atoms with Crippen molar-refractivity contribution in [1.29, 1.82) is 0 Å². The Labute approximate surface area is 109 Å². The number of nitrogen functional groups attached to an aromatic ring is 1. The van der Waals surface area contributed by atoms with Crippen LogP contribution in [0.1, 0.15) is 58.2 Å². The Balaban J connectivity index is 2.28. The van der Waals surface area contributed by atoms with Gasteiger partial charge < -0.3 is 10.5 Å². The Morgan fingerprint density at radius 3 is 2.67 bits per heavy atom. The molecule has 0 aromatic carbocycles. The predicted molar refractivity (Wildman–Crippen MR) is 71.4 cm³/mol. The van der Waals surface area contributed by atoms with Crippen molar-refractivity contribution in [3.63, 3.8) is 0 Å². The summed E-state index contributed by atoms with van der Waals surface area (Å²) in [6, 6.07) is 0.364. The number of ether oxygens (including phenoxy) is 1. The minimum atomic E-state index is -0.0341. The predicted octanol–water partition coefficient (Wildman–Crippen LogP) is 2.29. The fraction of sp³-hybridized carbons (Fsp3) is 0.846. The molecule has 1 aliphatic rings. The molecule has 1 saturated carbocycles. The zero-order valence-corrected chi connectivity index (χ0v) is 11.8. The molecule has 2 N–H and O–H groups in total. The van der Waals surface area contributed by atoms with Crippen LogP contribution in [0.3, 0.4) is 0 Å². The lowest BCUT2D eigenvalue weighted by Gasteiger charge is -2.31. The first-order valence-corrected chi connectivity index (χ1v) is 6.67. The highest BCUT2D eigenvalue weighted by Crippen LogP contribution is 2.35. The number of aromatic nitrogens is 3. The van der Waals surface area contributed by atoms with Gasteiger partial charge in [-0.3, -0.25) is 0 Å². The molecule has 1 heterocycles. The SMILES string of the molecule is COC1CCCC(n2nnc(N)c2C(C)(C)C)C1. The van der Waals surface area contributed by atoms with Gasteiger partial charge in [0.2, 0.25) is 0 Å². The van der Waals surface area contributed by atoms with E-state index in [1.807, 2.05) is 4.68 Å². The van der Waals surface area contributed by atoms with Gasteiger partial charge >= 0.3 is 0 Å². The summed E-state index contributed by atoms with van der Waals surface area (Å²) in [5, 5.41) is 8.32. The Bertz CT molecular complexity index is 408. The van der Waals surface area contributed by atoms with Crippen LogP contribution in [-0.2, 0) is 10.2 Å². The van der Waals surface area contributed by atoms with Crippen molar-refractivity contribution in [1.82, 2.24) is 15.0 Å². The molecule has 18 heavy (non-hydrogen) atoms. The summed E-state index contributed by atoms with van der Waals surface area (Å²) in [5.74, 6) is 0.557. The van der Waals surface area contributed by atoms with Crippen LogP contribution in [-0.4, -0.2) is 28.2 Å². The number of nitrogens with zero attached hydrogens (tertiary/aromatic N) is 3. The first-order chi connectivity index (χ1) is 8.43. The van der Waals surface area contributed by atoms with E-state index in [-0.39, 0.29) is 5.41 Å². The van der Waals surface area contributed by atoms with Crippen LogP contribution in [0, 0.1) is 0 Å². The highest BCUT2D eigenvalue weighted by atomic mass is 16.5. The van der Waals surface area contributed by atoms with Crippen LogP contribution in [0.25, 0.3) is 0 Å². The van der Waals surface area contributed by atoms with E-state index >= 15 is 0 Å². The monoisotopic (exact) mass is 252 g/mol. The maximum Gasteiger partial charge on any atom is 0.169 e. The number of nitrogens with two attached hydrogens (primary N) is 1. The van der Waals surface area contributed by atoms with E-state index in [9.17, 15) is 0 Å². The average molecular weight is 252 g/mol. The molecule has 2 atom stereocenters. The quantitative estimate of drug-likeness (QED) is 0.877. The Morgan fingerprint density at radius 2 is 2.06 bits per heavy atom.